The number of benzene rings is 2. The number of pyridine rings is 1. The Morgan fingerprint density at radius 1 is 0.824 bits per heavy atom. The van der Waals surface area contributed by atoms with Crippen molar-refractivity contribution in [2.75, 3.05) is 22.5 Å². The zero-order valence-corrected chi connectivity index (χ0v) is 19.7. The maximum Gasteiger partial charge on any atom is 0.126 e. The van der Waals surface area contributed by atoms with Gasteiger partial charge in [0.05, 0.1) is 0 Å². The summed E-state index contributed by atoms with van der Waals surface area (Å²) >= 11 is 0. The van der Waals surface area contributed by atoms with E-state index in [9.17, 15) is 0 Å². The molecule has 176 valence electrons. The van der Waals surface area contributed by atoms with Crippen molar-refractivity contribution in [3.05, 3.63) is 72.9 Å². The highest BCUT2D eigenvalue weighted by Gasteiger charge is 2.46. The molecule has 34 heavy (non-hydrogen) atoms. The van der Waals surface area contributed by atoms with Gasteiger partial charge in [-0.15, -0.1) is 0 Å². The second-order valence-electron chi connectivity index (χ2n) is 10.4. The van der Waals surface area contributed by atoms with Gasteiger partial charge < -0.3 is 21.3 Å². The van der Waals surface area contributed by atoms with Crippen molar-refractivity contribution in [3.63, 3.8) is 0 Å². The van der Waals surface area contributed by atoms with Crippen LogP contribution in [0.3, 0.4) is 0 Å². The topological polar surface area (TPSA) is 66.2 Å². The van der Waals surface area contributed by atoms with Gasteiger partial charge >= 0.3 is 0 Å². The molecule has 6 rings (SSSR count). The van der Waals surface area contributed by atoms with Gasteiger partial charge in [-0.1, -0.05) is 43.2 Å². The maximum absolute atomic E-state index is 5.93. The minimum Gasteiger partial charge on any atom is -0.399 e. The number of fused-ring (bicyclic) bond motifs is 2. The minimum absolute atomic E-state index is 0.413. The summed E-state index contributed by atoms with van der Waals surface area (Å²) in [5, 5.41) is 7.93. The molecule has 3 fully saturated rings. The molecule has 5 nitrogen and oxygen atoms in total. The normalized spacial score (nSPS) is 28.2. The van der Waals surface area contributed by atoms with Gasteiger partial charge in [-0.2, -0.15) is 0 Å². The molecular formula is C29H35N5. The van der Waals surface area contributed by atoms with E-state index in [1.165, 1.54) is 61.9 Å². The number of nitrogens with zero attached hydrogens (tertiary/aromatic N) is 2. The van der Waals surface area contributed by atoms with E-state index >= 15 is 0 Å². The number of nitrogens with one attached hydrogen (secondary N) is 2. The molecule has 5 atom stereocenters. The zero-order chi connectivity index (χ0) is 22.9. The predicted molar refractivity (Wildman–Crippen MR) is 141 cm³/mol. The Morgan fingerprint density at radius 3 is 2.41 bits per heavy atom. The first-order valence-electron chi connectivity index (χ1n) is 12.9. The number of nitrogen functional groups attached to an aromatic ring is 1. The standard InChI is InChI=1S/C29H35N5/c30-23-10-12-24(13-11-23)34-19-20-16-27(28(34)17-20)32-25-8-4-5-9-26(25)33-29-18-22(14-15-31-29)21-6-2-1-3-7-21/h1-3,6-7,10-15,18,20,25-28,32H,4-5,8-9,16-17,19,30H2,(H,31,33)/t20-,25-,26-,27+,28-/m1/s1. The van der Waals surface area contributed by atoms with E-state index in [1.807, 2.05) is 18.3 Å². The third-order valence-electron chi connectivity index (χ3n) is 8.10. The highest BCUT2D eigenvalue weighted by molar-refractivity contribution is 5.66. The van der Waals surface area contributed by atoms with Crippen molar-refractivity contribution in [3.8, 4) is 11.1 Å². The van der Waals surface area contributed by atoms with E-state index in [4.69, 9.17) is 5.73 Å². The third kappa shape index (κ3) is 4.37. The molecule has 1 aliphatic heterocycles. The number of nitrogens with two attached hydrogens (primary N) is 1. The highest BCUT2D eigenvalue weighted by Crippen LogP contribution is 2.41. The van der Waals surface area contributed by atoms with Crippen molar-refractivity contribution in [1.29, 1.82) is 0 Å². The molecule has 0 unspecified atom stereocenters. The van der Waals surface area contributed by atoms with E-state index in [0.717, 1.165) is 17.4 Å². The van der Waals surface area contributed by atoms with Gasteiger partial charge in [0.1, 0.15) is 5.82 Å². The monoisotopic (exact) mass is 453 g/mol. The Labute approximate surface area is 202 Å². The quantitative estimate of drug-likeness (QED) is 0.441. The molecule has 2 saturated carbocycles. The molecule has 3 aliphatic rings. The Hall–Kier alpha value is -3.05. The number of hydrogen-bond donors (Lipinski definition) is 3. The smallest absolute Gasteiger partial charge is 0.126 e. The van der Waals surface area contributed by atoms with E-state index in [0.29, 0.717) is 24.2 Å². The summed E-state index contributed by atoms with van der Waals surface area (Å²) in [6.45, 7) is 1.18. The summed E-state index contributed by atoms with van der Waals surface area (Å²) in [7, 11) is 0. The number of anilines is 3. The molecule has 3 aromatic rings. The van der Waals surface area contributed by atoms with Crippen molar-refractivity contribution in [2.24, 2.45) is 5.92 Å². The molecule has 2 aromatic carbocycles. The van der Waals surface area contributed by atoms with Crippen LogP contribution in [0.15, 0.2) is 72.9 Å². The third-order valence-corrected chi connectivity index (χ3v) is 8.10. The fraction of sp³-hybridized carbons (Fsp3) is 0.414. The molecule has 2 bridgehead atoms. The Balaban J connectivity index is 1.15. The fourth-order valence-corrected chi connectivity index (χ4v) is 6.45. The van der Waals surface area contributed by atoms with Crippen LogP contribution in [0, 0.1) is 5.92 Å². The van der Waals surface area contributed by atoms with Crippen LogP contribution in [0.5, 0.6) is 0 Å². The summed E-state index contributed by atoms with van der Waals surface area (Å²) in [6, 6.07) is 25.3. The van der Waals surface area contributed by atoms with E-state index in [1.54, 1.807) is 0 Å². The van der Waals surface area contributed by atoms with Gasteiger partial charge in [-0.05, 0) is 79.1 Å². The summed E-state index contributed by atoms with van der Waals surface area (Å²) < 4.78 is 0. The largest absolute Gasteiger partial charge is 0.399 e. The highest BCUT2D eigenvalue weighted by atomic mass is 15.2. The number of piperidine rings is 1. The summed E-state index contributed by atoms with van der Waals surface area (Å²) in [5.41, 5.74) is 10.5. The molecule has 0 radical (unpaired) electrons. The molecule has 0 amide bonds. The maximum atomic E-state index is 5.93. The minimum atomic E-state index is 0.413. The van der Waals surface area contributed by atoms with Crippen molar-refractivity contribution >= 4 is 17.2 Å². The van der Waals surface area contributed by atoms with E-state index in [-0.39, 0.29) is 0 Å². The number of aromatic nitrogens is 1. The van der Waals surface area contributed by atoms with Gasteiger partial charge in [0, 0.05) is 48.3 Å². The van der Waals surface area contributed by atoms with Crippen LogP contribution in [0.2, 0.25) is 0 Å². The summed E-state index contributed by atoms with van der Waals surface area (Å²) in [6.07, 6.45) is 9.52. The zero-order valence-electron chi connectivity index (χ0n) is 19.7. The molecule has 2 heterocycles. The van der Waals surface area contributed by atoms with Crippen LogP contribution in [-0.2, 0) is 0 Å². The SMILES string of the molecule is Nc1ccc(N2C[C@@H]3C[C@H](N[C@@H]4CCCC[C@H]4Nc4cc(-c5ccccc5)ccn4)[C@H]2C3)cc1. The lowest BCUT2D eigenvalue weighted by Gasteiger charge is -2.41. The van der Waals surface area contributed by atoms with Gasteiger partial charge in [0.25, 0.3) is 0 Å². The van der Waals surface area contributed by atoms with E-state index in [2.05, 4.69) is 75.1 Å². The lowest BCUT2D eigenvalue weighted by atomic mass is 9.89. The summed E-state index contributed by atoms with van der Waals surface area (Å²) in [5.74, 6) is 1.77. The van der Waals surface area contributed by atoms with Crippen LogP contribution >= 0.6 is 0 Å². The molecule has 0 spiro atoms. The Morgan fingerprint density at radius 2 is 1.62 bits per heavy atom. The Bertz CT molecular complexity index is 1100. The number of rotatable bonds is 6. The molecule has 5 heteroatoms. The second kappa shape index (κ2) is 9.30. The number of hydrogen-bond acceptors (Lipinski definition) is 5. The lowest BCUT2D eigenvalue weighted by molar-refractivity contribution is 0.289. The van der Waals surface area contributed by atoms with Crippen LogP contribution in [0.25, 0.3) is 11.1 Å². The molecule has 1 saturated heterocycles. The van der Waals surface area contributed by atoms with Crippen LogP contribution in [0.4, 0.5) is 17.2 Å². The Kier molecular flexibility index (Phi) is 5.88. The van der Waals surface area contributed by atoms with Crippen LogP contribution in [0.1, 0.15) is 38.5 Å². The van der Waals surface area contributed by atoms with Gasteiger partial charge in [-0.25, -0.2) is 4.98 Å². The average molecular weight is 454 g/mol. The summed E-state index contributed by atoms with van der Waals surface area (Å²) in [4.78, 5) is 7.28. The van der Waals surface area contributed by atoms with Crippen molar-refractivity contribution in [2.45, 2.75) is 62.7 Å². The molecule has 2 aliphatic carbocycles. The molecule has 4 N–H and O–H groups in total. The predicted octanol–water partition coefficient (Wildman–Crippen LogP) is 5.31. The first-order chi connectivity index (χ1) is 16.7. The van der Waals surface area contributed by atoms with Gasteiger partial charge in [0.2, 0.25) is 0 Å². The first-order valence-corrected chi connectivity index (χ1v) is 12.9. The van der Waals surface area contributed by atoms with Gasteiger partial charge in [-0.3, -0.25) is 0 Å². The van der Waals surface area contributed by atoms with Crippen molar-refractivity contribution < 1.29 is 0 Å². The fourth-order valence-electron chi connectivity index (χ4n) is 6.45. The van der Waals surface area contributed by atoms with E-state index < -0.39 is 0 Å². The first kappa shape index (κ1) is 21.5. The van der Waals surface area contributed by atoms with Crippen LogP contribution in [-0.4, -0.2) is 35.7 Å². The van der Waals surface area contributed by atoms with Crippen molar-refractivity contribution in [1.82, 2.24) is 10.3 Å². The molecular weight excluding hydrogens is 418 g/mol. The molecule has 1 aromatic heterocycles. The second-order valence-corrected chi connectivity index (χ2v) is 10.4. The van der Waals surface area contributed by atoms with Gasteiger partial charge in [0.15, 0.2) is 0 Å². The average Bonchev–Trinajstić information content (AvgIpc) is 3.47. The van der Waals surface area contributed by atoms with Crippen LogP contribution < -0.4 is 21.3 Å². The lowest BCUT2D eigenvalue weighted by Crippen LogP contribution is -2.56.